The van der Waals surface area contributed by atoms with Gasteiger partial charge < -0.3 is 9.88 Å². The summed E-state index contributed by atoms with van der Waals surface area (Å²) >= 11 is 0. The minimum Gasteiger partial charge on any atom is -0.384 e. The lowest BCUT2D eigenvalue weighted by Gasteiger charge is -2.24. The quantitative estimate of drug-likeness (QED) is 0.468. The Morgan fingerprint density at radius 3 is 2.54 bits per heavy atom. The summed E-state index contributed by atoms with van der Waals surface area (Å²) in [6.07, 6.45) is 9.45. The Morgan fingerprint density at radius 2 is 1.86 bits per heavy atom. The number of para-hydroxylation sites is 1. The molecule has 28 heavy (non-hydrogen) atoms. The maximum atomic E-state index is 4.19. The van der Waals surface area contributed by atoms with Crippen molar-refractivity contribution in [2.75, 3.05) is 0 Å². The smallest absolute Gasteiger partial charge is 0.0625 e. The molecule has 2 heterocycles. The summed E-state index contributed by atoms with van der Waals surface area (Å²) in [5.74, 6) is 0.695. The summed E-state index contributed by atoms with van der Waals surface area (Å²) in [5.41, 5.74) is 5.03. The van der Waals surface area contributed by atoms with Crippen LogP contribution in [0, 0.1) is 5.92 Å². The van der Waals surface area contributed by atoms with Crippen molar-refractivity contribution in [1.29, 1.82) is 0 Å². The van der Waals surface area contributed by atoms with Gasteiger partial charge in [-0.2, -0.15) is 0 Å². The number of hydrogen-bond donors (Lipinski definition) is 1. The topological polar surface area (TPSA) is 29.9 Å². The molecule has 0 saturated heterocycles. The van der Waals surface area contributed by atoms with E-state index in [2.05, 4.69) is 91.1 Å². The third-order valence-corrected chi connectivity index (χ3v) is 5.20. The molecule has 0 bridgehead atoms. The SMILES string of the molecule is CC/C=C(/Cn1c(-c2ccncc2)cc2ccccc21)NC(CC)CC(C)C. The van der Waals surface area contributed by atoms with Crippen LogP contribution in [-0.4, -0.2) is 15.6 Å². The van der Waals surface area contributed by atoms with Gasteiger partial charge in [0.25, 0.3) is 0 Å². The molecule has 3 rings (SSSR count). The molecule has 0 aliphatic carbocycles. The lowest BCUT2D eigenvalue weighted by atomic mass is 10.0. The number of benzene rings is 1. The summed E-state index contributed by atoms with van der Waals surface area (Å²) < 4.78 is 2.43. The first-order valence-corrected chi connectivity index (χ1v) is 10.6. The standard InChI is InChI=1S/C25H33N3/c1-5-9-23(27-22(6-2)16-19(3)4)18-28-24-11-8-7-10-21(24)17-25(28)20-12-14-26-15-13-20/h7-15,17,19,22,27H,5-6,16,18H2,1-4H3/b23-9-. The predicted molar refractivity (Wildman–Crippen MR) is 120 cm³/mol. The first-order valence-electron chi connectivity index (χ1n) is 10.6. The number of aromatic nitrogens is 2. The van der Waals surface area contributed by atoms with E-state index < -0.39 is 0 Å². The van der Waals surface area contributed by atoms with Gasteiger partial charge in [0.15, 0.2) is 0 Å². The van der Waals surface area contributed by atoms with Crippen LogP contribution in [0.4, 0.5) is 0 Å². The van der Waals surface area contributed by atoms with Crippen LogP contribution in [0.3, 0.4) is 0 Å². The van der Waals surface area contributed by atoms with Crippen molar-refractivity contribution in [2.24, 2.45) is 5.92 Å². The van der Waals surface area contributed by atoms with Crippen molar-refractivity contribution < 1.29 is 0 Å². The normalized spacial score (nSPS) is 13.2. The van der Waals surface area contributed by atoms with Crippen LogP contribution in [-0.2, 0) is 6.54 Å². The highest BCUT2D eigenvalue weighted by Crippen LogP contribution is 2.29. The largest absolute Gasteiger partial charge is 0.384 e. The van der Waals surface area contributed by atoms with Crippen LogP contribution in [0.25, 0.3) is 22.2 Å². The maximum Gasteiger partial charge on any atom is 0.0625 e. The fourth-order valence-corrected chi connectivity index (χ4v) is 3.89. The van der Waals surface area contributed by atoms with Crippen LogP contribution < -0.4 is 5.32 Å². The molecule has 3 heteroatoms. The molecule has 2 aromatic heterocycles. The first kappa shape index (κ1) is 20.2. The van der Waals surface area contributed by atoms with E-state index in [1.807, 2.05) is 12.4 Å². The molecular weight excluding hydrogens is 342 g/mol. The maximum absolute atomic E-state index is 4.19. The van der Waals surface area contributed by atoms with E-state index in [4.69, 9.17) is 0 Å². The van der Waals surface area contributed by atoms with Crippen LogP contribution in [0.1, 0.15) is 47.0 Å². The molecule has 0 fully saturated rings. The van der Waals surface area contributed by atoms with E-state index >= 15 is 0 Å². The van der Waals surface area contributed by atoms with Gasteiger partial charge in [-0.3, -0.25) is 4.98 Å². The van der Waals surface area contributed by atoms with Crippen molar-refractivity contribution in [2.45, 2.75) is 59.5 Å². The zero-order valence-electron chi connectivity index (χ0n) is 17.7. The average Bonchev–Trinajstić information content (AvgIpc) is 3.06. The monoisotopic (exact) mass is 375 g/mol. The number of nitrogens with zero attached hydrogens (tertiary/aromatic N) is 2. The molecule has 3 nitrogen and oxygen atoms in total. The van der Waals surface area contributed by atoms with E-state index in [1.165, 1.54) is 34.3 Å². The van der Waals surface area contributed by atoms with Crippen molar-refractivity contribution in [3.05, 3.63) is 66.6 Å². The van der Waals surface area contributed by atoms with Gasteiger partial charge in [0.05, 0.1) is 6.54 Å². The van der Waals surface area contributed by atoms with Gasteiger partial charge in [-0.05, 0) is 49.4 Å². The van der Waals surface area contributed by atoms with Crippen LogP contribution >= 0.6 is 0 Å². The zero-order valence-corrected chi connectivity index (χ0v) is 17.7. The van der Waals surface area contributed by atoms with Gasteiger partial charge >= 0.3 is 0 Å². The third kappa shape index (κ3) is 4.83. The van der Waals surface area contributed by atoms with E-state index in [0.29, 0.717) is 12.0 Å². The van der Waals surface area contributed by atoms with Gasteiger partial charge in [-0.15, -0.1) is 0 Å². The Kier molecular flexibility index (Phi) is 6.91. The molecule has 0 radical (unpaired) electrons. The second-order valence-corrected chi connectivity index (χ2v) is 7.93. The van der Waals surface area contributed by atoms with Gasteiger partial charge in [0.2, 0.25) is 0 Å². The molecule has 148 valence electrons. The van der Waals surface area contributed by atoms with Crippen molar-refractivity contribution >= 4 is 10.9 Å². The van der Waals surface area contributed by atoms with Gasteiger partial charge in [0, 0.05) is 46.3 Å². The van der Waals surface area contributed by atoms with Crippen LogP contribution in [0.15, 0.2) is 66.6 Å². The molecule has 0 spiro atoms. The lowest BCUT2D eigenvalue weighted by molar-refractivity contribution is 0.428. The highest BCUT2D eigenvalue weighted by Gasteiger charge is 2.14. The number of fused-ring (bicyclic) bond motifs is 1. The predicted octanol–water partition coefficient (Wildman–Crippen LogP) is 6.41. The molecule has 0 amide bonds. The van der Waals surface area contributed by atoms with Crippen molar-refractivity contribution in [3.8, 4) is 11.3 Å². The lowest BCUT2D eigenvalue weighted by Crippen LogP contribution is -2.31. The molecule has 1 atom stereocenters. The Bertz CT molecular complexity index is 906. The zero-order chi connectivity index (χ0) is 19.9. The fraction of sp³-hybridized carbons (Fsp3) is 0.400. The number of hydrogen-bond acceptors (Lipinski definition) is 2. The van der Waals surface area contributed by atoms with E-state index in [1.54, 1.807) is 0 Å². The number of nitrogens with one attached hydrogen (secondary N) is 1. The van der Waals surface area contributed by atoms with Crippen molar-refractivity contribution in [3.63, 3.8) is 0 Å². The van der Waals surface area contributed by atoms with E-state index in [9.17, 15) is 0 Å². The summed E-state index contributed by atoms with van der Waals surface area (Å²) in [4.78, 5) is 4.19. The number of rotatable bonds is 9. The minimum absolute atomic E-state index is 0.518. The molecular formula is C25H33N3. The van der Waals surface area contributed by atoms with E-state index in [0.717, 1.165) is 19.4 Å². The summed E-state index contributed by atoms with van der Waals surface area (Å²) in [6.45, 7) is 9.94. The Hall–Kier alpha value is -2.55. The molecule has 0 aliphatic heterocycles. The van der Waals surface area contributed by atoms with Gasteiger partial charge in [0.1, 0.15) is 0 Å². The molecule has 1 unspecified atom stereocenters. The highest BCUT2D eigenvalue weighted by atomic mass is 15.0. The summed E-state index contributed by atoms with van der Waals surface area (Å²) in [7, 11) is 0. The highest BCUT2D eigenvalue weighted by molar-refractivity contribution is 5.87. The first-order chi connectivity index (χ1) is 13.6. The van der Waals surface area contributed by atoms with Crippen molar-refractivity contribution in [1.82, 2.24) is 14.9 Å². The second-order valence-electron chi connectivity index (χ2n) is 7.93. The Labute approximate surface area is 169 Å². The Balaban J connectivity index is 1.98. The number of allylic oxidation sites excluding steroid dienone is 2. The fourth-order valence-electron chi connectivity index (χ4n) is 3.89. The summed E-state index contributed by atoms with van der Waals surface area (Å²) in [6, 6.07) is 15.6. The third-order valence-electron chi connectivity index (χ3n) is 5.20. The van der Waals surface area contributed by atoms with Gasteiger partial charge in [-0.1, -0.05) is 52.0 Å². The molecule has 1 N–H and O–H groups in total. The van der Waals surface area contributed by atoms with E-state index in [-0.39, 0.29) is 0 Å². The number of pyridine rings is 1. The Morgan fingerprint density at radius 1 is 1.11 bits per heavy atom. The molecule has 0 aliphatic rings. The molecule has 3 aromatic rings. The molecule has 0 saturated carbocycles. The summed E-state index contributed by atoms with van der Waals surface area (Å²) in [5, 5.41) is 5.12. The second kappa shape index (κ2) is 9.59. The average molecular weight is 376 g/mol. The van der Waals surface area contributed by atoms with Crippen LogP contribution in [0.2, 0.25) is 0 Å². The minimum atomic E-state index is 0.518. The van der Waals surface area contributed by atoms with Crippen LogP contribution in [0.5, 0.6) is 0 Å². The van der Waals surface area contributed by atoms with Gasteiger partial charge in [-0.25, -0.2) is 0 Å². The molecule has 1 aromatic carbocycles.